The molecular formula is C16H28N4. The number of aromatic nitrogens is 2. The van der Waals surface area contributed by atoms with Crippen LogP contribution in [0.25, 0.3) is 0 Å². The Morgan fingerprint density at radius 2 is 1.95 bits per heavy atom. The molecule has 0 bridgehead atoms. The number of hydrogen-bond donors (Lipinski definition) is 0. The highest BCUT2D eigenvalue weighted by molar-refractivity contribution is 5.51. The SMILES string of the molecule is CCC1CCCCN1c1cc(N(CC)CC)nc(C)n1. The fourth-order valence-electron chi connectivity index (χ4n) is 3.12. The predicted octanol–water partition coefficient (Wildman–Crippen LogP) is 3.40. The van der Waals surface area contributed by atoms with E-state index in [0.29, 0.717) is 6.04 Å². The summed E-state index contributed by atoms with van der Waals surface area (Å²) >= 11 is 0. The van der Waals surface area contributed by atoms with Crippen molar-refractivity contribution in [3.8, 4) is 0 Å². The van der Waals surface area contributed by atoms with Crippen LogP contribution in [-0.2, 0) is 0 Å². The summed E-state index contributed by atoms with van der Waals surface area (Å²) in [5.41, 5.74) is 0. The van der Waals surface area contributed by atoms with Crippen LogP contribution in [0.3, 0.4) is 0 Å². The molecule has 4 nitrogen and oxygen atoms in total. The first-order chi connectivity index (χ1) is 9.69. The van der Waals surface area contributed by atoms with Gasteiger partial charge in [-0.25, -0.2) is 9.97 Å². The van der Waals surface area contributed by atoms with E-state index in [2.05, 4.69) is 41.6 Å². The number of hydrogen-bond acceptors (Lipinski definition) is 4. The second-order valence-electron chi connectivity index (χ2n) is 5.56. The van der Waals surface area contributed by atoms with E-state index in [1.54, 1.807) is 0 Å². The zero-order valence-electron chi connectivity index (χ0n) is 13.4. The molecule has 0 spiro atoms. The average molecular weight is 276 g/mol. The Balaban J connectivity index is 2.30. The lowest BCUT2D eigenvalue weighted by Crippen LogP contribution is -2.40. The first-order valence-electron chi connectivity index (χ1n) is 8.06. The van der Waals surface area contributed by atoms with Crippen LogP contribution in [-0.4, -0.2) is 35.6 Å². The van der Waals surface area contributed by atoms with E-state index in [0.717, 1.165) is 37.1 Å². The molecule has 4 heteroatoms. The van der Waals surface area contributed by atoms with Crippen LogP contribution in [0.5, 0.6) is 0 Å². The third-order valence-electron chi connectivity index (χ3n) is 4.29. The maximum absolute atomic E-state index is 4.69. The van der Waals surface area contributed by atoms with Crippen molar-refractivity contribution >= 4 is 11.6 Å². The number of piperidine rings is 1. The van der Waals surface area contributed by atoms with Crippen molar-refractivity contribution in [1.29, 1.82) is 0 Å². The van der Waals surface area contributed by atoms with Crippen LogP contribution in [0.4, 0.5) is 11.6 Å². The molecule has 0 saturated carbocycles. The number of aryl methyl sites for hydroxylation is 1. The van der Waals surface area contributed by atoms with Crippen LogP contribution in [0, 0.1) is 6.92 Å². The molecule has 0 N–H and O–H groups in total. The van der Waals surface area contributed by atoms with Gasteiger partial charge in [0.05, 0.1) is 0 Å². The van der Waals surface area contributed by atoms with Crippen molar-refractivity contribution in [2.24, 2.45) is 0 Å². The van der Waals surface area contributed by atoms with E-state index in [1.165, 1.54) is 25.7 Å². The lowest BCUT2D eigenvalue weighted by molar-refractivity contribution is 0.446. The monoisotopic (exact) mass is 276 g/mol. The molecule has 1 unspecified atom stereocenters. The van der Waals surface area contributed by atoms with E-state index < -0.39 is 0 Å². The van der Waals surface area contributed by atoms with E-state index in [4.69, 9.17) is 4.98 Å². The summed E-state index contributed by atoms with van der Waals surface area (Å²) in [7, 11) is 0. The zero-order valence-corrected chi connectivity index (χ0v) is 13.4. The molecule has 0 amide bonds. The van der Waals surface area contributed by atoms with Gasteiger partial charge in [-0.1, -0.05) is 6.92 Å². The number of nitrogens with zero attached hydrogens (tertiary/aromatic N) is 4. The highest BCUT2D eigenvalue weighted by Gasteiger charge is 2.23. The van der Waals surface area contributed by atoms with Gasteiger partial charge in [0.15, 0.2) is 0 Å². The lowest BCUT2D eigenvalue weighted by Gasteiger charge is -2.36. The minimum Gasteiger partial charge on any atom is -0.357 e. The van der Waals surface area contributed by atoms with Gasteiger partial charge in [-0.3, -0.25) is 0 Å². The molecule has 0 aliphatic carbocycles. The molecule has 2 heterocycles. The van der Waals surface area contributed by atoms with E-state index >= 15 is 0 Å². The molecule has 2 rings (SSSR count). The summed E-state index contributed by atoms with van der Waals surface area (Å²) < 4.78 is 0. The largest absolute Gasteiger partial charge is 0.357 e. The smallest absolute Gasteiger partial charge is 0.134 e. The van der Waals surface area contributed by atoms with Gasteiger partial charge in [0.2, 0.25) is 0 Å². The average Bonchev–Trinajstić information content (AvgIpc) is 2.48. The minimum atomic E-state index is 0.641. The van der Waals surface area contributed by atoms with Crippen molar-refractivity contribution in [3.63, 3.8) is 0 Å². The third-order valence-corrected chi connectivity index (χ3v) is 4.29. The molecule has 0 aromatic carbocycles. The molecule has 0 radical (unpaired) electrons. The van der Waals surface area contributed by atoms with Crippen molar-refractivity contribution in [2.75, 3.05) is 29.4 Å². The van der Waals surface area contributed by atoms with Crippen LogP contribution in [0.1, 0.15) is 52.3 Å². The quantitative estimate of drug-likeness (QED) is 0.825. The Kier molecular flexibility index (Phi) is 5.21. The van der Waals surface area contributed by atoms with E-state index in [1.807, 2.05) is 6.92 Å². The Labute approximate surface area is 123 Å². The van der Waals surface area contributed by atoms with E-state index in [-0.39, 0.29) is 0 Å². The van der Waals surface area contributed by atoms with Crippen LogP contribution >= 0.6 is 0 Å². The van der Waals surface area contributed by atoms with Crippen LogP contribution < -0.4 is 9.80 Å². The van der Waals surface area contributed by atoms with Gasteiger partial charge in [0.1, 0.15) is 17.5 Å². The molecule has 1 aromatic rings. The summed E-state index contributed by atoms with van der Waals surface area (Å²) in [6.07, 6.45) is 5.12. The fourth-order valence-corrected chi connectivity index (χ4v) is 3.12. The van der Waals surface area contributed by atoms with Gasteiger partial charge in [-0.05, 0) is 46.5 Å². The summed E-state index contributed by atoms with van der Waals surface area (Å²) in [4.78, 5) is 14.1. The highest BCUT2D eigenvalue weighted by Crippen LogP contribution is 2.27. The first kappa shape index (κ1) is 15.1. The maximum Gasteiger partial charge on any atom is 0.134 e. The van der Waals surface area contributed by atoms with Gasteiger partial charge in [0, 0.05) is 31.7 Å². The zero-order chi connectivity index (χ0) is 14.5. The third kappa shape index (κ3) is 3.22. The molecular weight excluding hydrogens is 248 g/mol. The fraction of sp³-hybridized carbons (Fsp3) is 0.750. The summed E-state index contributed by atoms with van der Waals surface area (Å²) in [5, 5.41) is 0. The molecule has 1 fully saturated rings. The maximum atomic E-state index is 4.69. The predicted molar refractivity (Wildman–Crippen MR) is 85.6 cm³/mol. The van der Waals surface area contributed by atoms with Gasteiger partial charge in [0.25, 0.3) is 0 Å². The van der Waals surface area contributed by atoms with Gasteiger partial charge >= 0.3 is 0 Å². The first-order valence-corrected chi connectivity index (χ1v) is 8.06. The molecule has 1 aliphatic rings. The van der Waals surface area contributed by atoms with Gasteiger partial charge in [-0.15, -0.1) is 0 Å². The highest BCUT2D eigenvalue weighted by atomic mass is 15.3. The second-order valence-corrected chi connectivity index (χ2v) is 5.56. The molecule has 20 heavy (non-hydrogen) atoms. The Bertz CT molecular complexity index is 428. The molecule has 1 aromatic heterocycles. The summed E-state index contributed by atoms with van der Waals surface area (Å²) in [6.45, 7) is 11.7. The lowest BCUT2D eigenvalue weighted by atomic mass is 10.00. The van der Waals surface area contributed by atoms with E-state index in [9.17, 15) is 0 Å². The summed E-state index contributed by atoms with van der Waals surface area (Å²) in [6, 6.07) is 2.82. The second kappa shape index (κ2) is 6.91. The molecule has 1 aliphatic heterocycles. The minimum absolute atomic E-state index is 0.641. The number of anilines is 2. The Morgan fingerprint density at radius 3 is 2.60 bits per heavy atom. The Hall–Kier alpha value is -1.32. The van der Waals surface area contributed by atoms with Crippen LogP contribution in [0.15, 0.2) is 6.07 Å². The van der Waals surface area contributed by atoms with Crippen molar-refractivity contribution in [3.05, 3.63) is 11.9 Å². The topological polar surface area (TPSA) is 32.3 Å². The molecule has 1 atom stereocenters. The van der Waals surface area contributed by atoms with Gasteiger partial charge in [-0.2, -0.15) is 0 Å². The molecule has 1 saturated heterocycles. The summed E-state index contributed by atoms with van der Waals surface area (Å²) in [5.74, 6) is 3.06. The Morgan fingerprint density at radius 1 is 1.20 bits per heavy atom. The van der Waals surface area contributed by atoms with Crippen molar-refractivity contribution in [1.82, 2.24) is 9.97 Å². The normalized spacial score (nSPS) is 19.2. The van der Waals surface area contributed by atoms with Crippen molar-refractivity contribution < 1.29 is 0 Å². The number of rotatable bonds is 5. The van der Waals surface area contributed by atoms with Crippen LogP contribution in [0.2, 0.25) is 0 Å². The van der Waals surface area contributed by atoms with Crippen molar-refractivity contribution in [2.45, 2.75) is 59.4 Å². The standard InChI is InChI=1S/C16H28N4/c1-5-14-10-8-9-11-20(14)16-12-15(17-13(4)18-16)19(6-2)7-3/h12,14H,5-11H2,1-4H3. The molecule has 112 valence electrons. The van der Waals surface area contributed by atoms with Gasteiger partial charge < -0.3 is 9.80 Å².